The van der Waals surface area contributed by atoms with Gasteiger partial charge in [0.25, 0.3) is 0 Å². The van der Waals surface area contributed by atoms with E-state index in [0.29, 0.717) is 12.0 Å². The van der Waals surface area contributed by atoms with E-state index >= 15 is 0 Å². The van der Waals surface area contributed by atoms with E-state index in [1.807, 2.05) is 0 Å². The molecule has 7 heteroatoms. The number of nitrogens with zero attached hydrogens (tertiary/aromatic N) is 2. The molecule has 146 valence electrons. The van der Waals surface area contributed by atoms with Crippen molar-refractivity contribution in [3.63, 3.8) is 0 Å². The summed E-state index contributed by atoms with van der Waals surface area (Å²) in [6, 6.07) is 6.60. The van der Waals surface area contributed by atoms with Gasteiger partial charge in [0.05, 0.1) is 11.4 Å². The molecule has 0 aliphatic carbocycles. The molecule has 26 heavy (non-hydrogen) atoms. The molecule has 1 saturated heterocycles. The zero-order chi connectivity index (χ0) is 19.2. The molecule has 1 fully saturated rings. The van der Waals surface area contributed by atoms with Crippen molar-refractivity contribution in [1.29, 1.82) is 0 Å². The number of aliphatic imine (C=N–C) groups is 1. The molecule has 0 amide bonds. The van der Waals surface area contributed by atoms with Gasteiger partial charge in [-0.1, -0.05) is 32.4 Å². The van der Waals surface area contributed by atoms with E-state index in [1.54, 1.807) is 12.1 Å². The Balaban J connectivity index is 2.11. The summed E-state index contributed by atoms with van der Waals surface area (Å²) in [5.74, 6) is 0.935. The van der Waals surface area contributed by atoms with Crippen LogP contribution in [0.25, 0.3) is 0 Å². The normalized spacial score (nSPS) is 21.7. The van der Waals surface area contributed by atoms with Gasteiger partial charge in [0.2, 0.25) is 10.0 Å². The number of likely N-dealkylation sites (tertiary alicyclic amines) is 1. The molecule has 0 saturated carbocycles. The first kappa shape index (κ1) is 20.7. The summed E-state index contributed by atoms with van der Waals surface area (Å²) in [5, 5.41) is 8.54. The lowest BCUT2D eigenvalue weighted by Gasteiger charge is -2.42. The van der Waals surface area contributed by atoms with E-state index in [9.17, 15) is 8.42 Å². The molecular weight excluding hydrogens is 348 g/mol. The average Bonchev–Trinajstić information content (AvgIpc) is 2.58. The summed E-state index contributed by atoms with van der Waals surface area (Å²) in [5.41, 5.74) is 1.31. The van der Waals surface area contributed by atoms with Gasteiger partial charge in [-0.15, -0.1) is 0 Å². The Morgan fingerprint density at radius 3 is 2.58 bits per heavy atom. The summed E-state index contributed by atoms with van der Waals surface area (Å²) in [6.07, 6.45) is 4.89. The fourth-order valence-corrected chi connectivity index (χ4v) is 4.20. The highest BCUT2D eigenvalue weighted by Gasteiger charge is 2.31. The molecule has 0 bridgehead atoms. The van der Waals surface area contributed by atoms with Crippen LogP contribution in [0, 0.1) is 5.41 Å². The quantitative estimate of drug-likeness (QED) is 0.587. The minimum absolute atomic E-state index is 0.128. The molecule has 1 aliphatic heterocycles. The molecule has 1 heterocycles. The second-order valence-corrected chi connectivity index (χ2v) is 9.01. The monoisotopic (exact) mass is 380 g/mol. The van der Waals surface area contributed by atoms with E-state index in [2.05, 4.69) is 31.0 Å². The van der Waals surface area contributed by atoms with E-state index in [1.165, 1.54) is 37.8 Å². The Bertz CT molecular complexity index is 712. The predicted octanol–water partition coefficient (Wildman–Crippen LogP) is 2.70. The molecular formula is C19H32N4O2S. The first-order valence-electron chi connectivity index (χ1n) is 9.42. The lowest BCUT2D eigenvalue weighted by Crippen LogP contribution is -2.49. The Kier molecular flexibility index (Phi) is 7.06. The topological polar surface area (TPSA) is 87.8 Å². The third kappa shape index (κ3) is 5.71. The second-order valence-electron chi connectivity index (χ2n) is 7.44. The number of nitrogens with one attached hydrogen (secondary N) is 1. The maximum absolute atomic E-state index is 11.3. The van der Waals surface area contributed by atoms with Crippen molar-refractivity contribution < 1.29 is 8.42 Å². The molecule has 0 aromatic heterocycles. The fraction of sp³-hybridized carbons (Fsp3) is 0.632. The van der Waals surface area contributed by atoms with Gasteiger partial charge in [0.1, 0.15) is 0 Å². The van der Waals surface area contributed by atoms with E-state index < -0.39 is 10.0 Å². The van der Waals surface area contributed by atoms with Crippen LogP contribution >= 0.6 is 0 Å². The molecule has 1 aromatic carbocycles. The zero-order valence-corrected chi connectivity index (χ0v) is 17.0. The van der Waals surface area contributed by atoms with Gasteiger partial charge in [-0.25, -0.2) is 18.5 Å². The number of piperidine rings is 1. The van der Waals surface area contributed by atoms with Gasteiger partial charge < -0.3 is 10.2 Å². The lowest BCUT2D eigenvalue weighted by molar-refractivity contribution is 0.142. The number of nitrogens with two attached hydrogens (primary N) is 1. The predicted molar refractivity (Wildman–Crippen MR) is 106 cm³/mol. The highest BCUT2D eigenvalue weighted by atomic mass is 32.2. The molecule has 3 N–H and O–H groups in total. The van der Waals surface area contributed by atoms with Gasteiger partial charge in [-0.3, -0.25) is 0 Å². The molecule has 1 atom stereocenters. The number of primary sulfonamides is 1. The molecule has 0 spiro atoms. The minimum atomic E-state index is -3.65. The van der Waals surface area contributed by atoms with Crippen LogP contribution in [-0.2, 0) is 16.6 Å². The molecule has 0 radical (unpaired) electrons. The van der Waals surface area contributed by atoms with Crippen LogP contribution in [0.5, 0.6) is 0 Å². The molecule has 2 rings (SSSR count). The third-order valence-corrected chi connectivity index (χ3v) is 5.86. The van der Waals surface area contributed by atoms with Gasteiger partial charge >= 0.3 is 0 Å². The SMILES string of the molecule is CCCC1(C)CCCN(C(=NCc2ccc(S(N)(=O)=O)cc2)NCC)C1. The van der Waals surface area contributed by atoms with Crippen LogP contribution in [0.3, 0.4) is 0 Å². The Labute approximate surface area is 157 Å². The molecule has 6 nitrogen and oxygen atoms in total. The number of hydrogen-bond donors (Lipinski definition) is 2. The van der Waals surface area contributed by atoms with Crippen LogP contribution in [0.15, 0.2) is 34.2 Å². The van der Waals surface area contributed by atoms with Gasteiger partial charge in [0.15, 0.2) is 5.96 Å². The smallest absolute Gasteiger partial charge is 0.238 e. The summed E-state index contributed by atoms with van der Waals surface area (Å²) in [4.78, 5) is 7.27. The van der Waals surface area contributed by atoms with Gasteiger partial charge in [0, 0.05) is 19.6 Å². The number of sulfonamides is 1. The third-order valence-electron chi connectivity index (χ3n) is 4.93. The Morgan fingerprint density at radius 2 is 2.00 bits per heavy atom. The number of benzene rings is 1. The van der Waals surface area contributed by atoms with E-state index in [0.717, 1.165) is 31.2 Å². The highest BCUT2D eigenvalue weighted by molar-refractivity contribution is 7.89. The van der Waals surface area contributed by atoms with Crippen molar-refractivity contribution in [2.24, 2.45) is 15.5 Å². The zero-order valence-electron chi connectivity index (χ0n) is 16.2. The van der Waals surface area contributed by atoms with Crippen LogP contribution < -0.4 is 10.5 Å². The maximum Gasteiger partial charge on any atom is 0.238 e. The summed E-state index contributed by atoms with van der Waals surface area (Å²) < 4.78 is 22.7. The van der Waals surface area contributed by atoms with Crippen molar-refractivity contribution >= 4 is 16.0 Å². The highest BCUT2D eigenvalue weighted by Crippen LogP contribution is 2.33. The van der Waals surface area contributed by atoms with Crippen molar-refractivity contribution in [1.82, 2.24) is 10.2 Å². The first-order chi connectivity index (χ1) is 12.3. The lowest BCUT2D eigenvalue weighted by atomic mass is 9.78. The standard InChI is InChI=1S/C19H32N4O2S/c1-4-11-19(3)12-6-13-23(15-19)18(21-5-2)22-14-16-7-9-17(10-8-16)26(20,24)25/h7-10H,4-6,11-15H2,1-3H3,(H,21,22)(H2,20,24,25). The van der Waals surface area contributed by atoms with E-state index in [-0.39, 0.29) is 4.90 Å². The van der Waals surface area contributed by atoms with Crippen molar-refractivity contribution in [3.8, 4) is 0 Å². The van der Waals surface area contributed by atoms with Crippen LogP contribution in [-0.4, -0.2) is 38.9 Å². The van der Waals surface area contributed by atoms with Crippen LogP contribution in [0.1, 0.15) is 52.0 Å². The number of hydrogen-bond acceptors (Lipinski definition) is 3. The average molecular weight is 381 g/mol. The molecule has 1 aromatic rings. The largest absolute Gasteiger partial charge is 0.357 e. The van der Waals surface area contributed by atoms with Gasteiger partial charge in [-0.2, -0.15) is 0 Å². The number of guanidine groups is 1. The van der Waals surface area contributed by atoms with Crippen LogP contribution in [0.4, 0.5) is 0 Å². The van der Waals surface area contributed by atoms with E-state index in [4.69, 9.17) is 10.1 Å². The molecule has 1 aliphatic rings. The van der Waals surface area contributed by atoms with Crippen molar-refractivity contribution in [3.05, 3.63) is 29.8 Å². The molecule has 1 unspecified atom stereocenters. The Morgan fingerprint density at radius 1 is 1.31 bits per heavy atom. The number of rotatable bonds is 6. The summed E-state index contributed by atoms with van der Waals surface area (Å²) in [7, 11) is -3.65. The second kappa shape index (κ2) is 8.86. The maximum atomic E-state index is 11.3. The summed E-state index contributed by atoms with van der Waals surface area (Å²) in [6.45, 7) is 10.1. The Hall–Kier alpha value is -1.60. The fourth-order valence-electron chi connectivity index (χ4n) is 3.68. The van der Waals surface area contributed by atoms with Gasteiger partial charge in [-0.05, 0) is 49.3 Å². The van der Waals surface area contributed by atoms with Crippen molar-refractivity contribution in [2.75, 3.05) is 19.6 Å². The van der Waals surface area contributed by atoms with Crippen LogP contribution in [0.2, 0.25) is 0 Å². The van der Waals surface area contributed by atoms with Crippen molar-refractivity contribution in [2.45, 2.75) is 57.9 Å². The first-order valence-corrected chi connectivity index (χ1v) is 11.0. The minimum Gasteiger partial charge on any atom is -0.357 e. The summed E-state index contributed by atoms with van der Waals surface area (Å²) >= 11 is 0.